The van der Waals surface area contributed by atoms with Crippen molar-refractivity contribution in [2.24, 2.45) is 0 Å². The molecule has 0 aliphatic carbocycles. The fraction of sp³-hybridized carbons (Fsp3) is 0.333. The molecule has 1 heterocycles. The van der Waals surface area contributed by atoms with Crippen LogP contribution in [-0.4, -0.2) is 46.2 Å². The van der Waals surface area contributed by atoms with E-state index in [4.69, 9.17) is 4.74 Å². The van der Waals surface area contributed by atoms with Crippen molar-refractivity contribution in [3.63, 3.8) is 0 Å². The highest BCUT2D eigenvalue weighted by Crippen LogP contribution is 2.22. The van der Waals surface area contributed by atoms with Gasteiger partial charge < -0.3 is 4.74 Å². The van der Waals surface area contributed by atoms with Gasteiger partial charge in [0, 0.05) is 25.7 Å². The van der Waals surface area contributed by atoms with Crippen molar-refractivity contribution in [2.75, 3.05) is 32.8 Å². The summed E-state index contributed by atoms with van der Waals surface area (Å²) in [5.41, 5.74) is 0.974. The summed E-state index contributed by atoms with van der Waals surface area (Å²) >= 11 is 0. The zero-order chi connectivity index (χ0) is 18.6. The van der Waals surface area contributed by atoms with Gasteiger partial charge in [0.25, 0.3) is 0 Å². The molecule has 1 atom stereocenters. The molecule has 1 aliphatic heterocycles. The third-order valence-corrected chi connectivity index (χ3v) is 5.76. The Morgan fingerprint density at radius 1 is 1.04 bits per heavy atom. The predicted octanol–water partition coefficient (Wildman–Crippen LogP) is 2.32. The molecule has 8 heteroatoms. The number of hydrogen-bond acceptors (Lipinski definition) is 4. The van der Waals surface area contributed by atoms with E-state index in [1.165, 1.54) is 0 Å². The molecular formula is C18H20F2N2O3S. The van der Waals surface area contributed by atoms with Gasteiger partial charge in [-0.15, -0.1) is 0 Å². The number of benzene rings is 2. The predicted molar refractivity (Wildman–Crippen MR) is 93.1 cm³/mol. The molecular weight excluding hydrogens is 362 g/mol. The SMILES string of the molecule is O=S(=O)(NC[C@H](c1ccccc1)N1CCOCC1)c1ccc(F)c(F)c1. The first kappa shape index (κ1) is 18.9. The number of nitrogens with one attached hydrogen (secondary N) is 1. The van der Waals surface area contributed by atoms with Crippen LogP contribution in [0.2, 0.25) is 0 Å². The highest BCUT2D eigenvalue weighted by atomic mass is 32.2. The molecule has 1 aliphatic rings. The molecule has 0 unspecified atom stereocenters. The lowest BCUT2D eigenvalue weighted by Gasteiger charge is -2.34. The lowest BCUT2D eigenvalue weighted by molar-refractivity contribution is 0.0172. The van der Waals surface area contributed by atoms with Crippen molar-refractivity contribution in [1.29, 1.82) is 0 Å². The van der Waals surface area contributed by atoms with Crippen LogP contribution in [-0.2, 0) is 14.8 Å². The highest BCUT2D eigenvalue weighted by Gasteiger charge is 2.25. The van der Waals surface area contributed by atoms with Crippen LogP contribution in [0.5, 0.6) is 0 Å². The van der Waals surface area contributed by atoms with Gasteiger partial charge in [-0.05, 0) is 23.8 Å². The van der Waals surface area contributed by atoms with Crippen molar-refractivity contribution in [2.45, 2.75) is 10.9 Å². The van der Waals surface area contributed by atoms with Crippen molar-refractivity contribution in [3.05, 3.63) is 65.7 Å². The van der Waals surface area contributed by atoms with Crippen LogP contribution in [0.4, 0.5) is 8.78 Å². The molecule has 0 saturated carbocycles. The maximum absolute atomic E-state index is 13.4. The lowest BCUT2D eigenvalue weighted by atomic mass is 10.1. The Kier molecular flexibility index (Phi) is 5.98. The molecule has 1 saturated heterocycles. The molecule has 1 fully saturated rings. The van der Waals surface area contributed by atoms with Gasteiger partial charge >= 0.3 is 0 Å². The van der Waals surface area contributed by atoms with Crippen LogP contribution in [0.3, 0.4) is 0 Å². The van der Waals surface area contributed by atoms with E-state index in [9.17, 15) is 17.2 Å². The zero-order valence-corrected chi connectivity index (χ0v) is 14.9. The minimum absolute atomic E-state index is 0.116. The molecule has 1 N–H and O–H groups in total. The van der Waals surface area contributed by atoms with Crippen molar-refractivity contribution >= 4 is 10.0 Å². The van der Waals surface area contributed by atoms with Gasteiger partial charge in [0.2, 0.25) is 10.0 Å². The normalized spacial score (nSPS) is 17.2. The Balaban J connectivity index is 1.79. The number of sulfonamides is 1. The van der Waals surface area contributed by atoms with E-state index >= 15 is 0 Å². The van der Waals surface area contributed by atoms with E-state index in [-0.39, 0.29) is 17.5 Å². The zero-order valence-electron chi connectivity index (χ0n) is 14.1. The number of hydrogen-bond donors (Lipinski definition) is 1. The molecule has 2 aromatic carbocycles. The van der Waals surface area contributed by atoms with Crippen LogP contribution in [0.15, 0.2) is 53.4 Å². The van der Waals surface area contributed by atoms with Crippen LogP contribution >= 0.6 is 0 Å². The van der Waals surface area contributed by atoms with Crippen LogP contribution in [0, 0.1) is 11.6 Å². The number of rotatable bonds is 6. The van der Waals surface area contributed by atoms with Gasteiger partial charge in [-0.1, -0.05) is 30.3 Å². The lowest BCUT2D eigenvalue weighted by Crippen LogP contribution is -2.43. The minimum Gasteiger partial charge on any atom is -0.379 e. The Morgan fingerprint density at radius 3 is 2.38 bits per heavy atom. The largest absolute Gasteiger partial charge is 0.379 e. The Morgan fingerprint density at radius 2 is 1.73 bits per heavy atom. The van der Waals surface area contributed by atoms with Gasteiger partial charge in [-0.3, -0.25) is 4.90 Å². The molecule has 5 nitrogen and oxygen atoms in total. The smallest absolute Gasteiger partial charge is 0.240 e. The summed E-state index contributed by atoms with van der Waals surface area (Å²) in [5, 5.41) is 0. The average Bonchev–Trinajstić information content (AvgIpc) is 2.66. The van der Waals surface area contributed by atoms with E-state index in [1.54, 1.807) is 0 Å². The summed E-state index contributed by atoms with van der Waals surface area (Å²) in [6.45, 7) is 2.66. The molecule has 0 amide bonds. The fourth-order valence-corrected chi connectivity index (χ4v) is 3.99. The van der Waals surface area contributed by atoms with E-state index in [2.05, 4.69) is 9.62 Å². The van der Waals surface area contributed by atoms with Crippen molar-refractivity contribution < 1.29 is 21.9 Å². The summed E-state index contributed by atoms with van der Waals surface area (Å²) in [5.74, 6) is -2.28. The fourth-order valence-electron chi connectivity index (χ4n) is 2.94. The maximum Gasteiger partial charge on any atom is 0.240 e. The standard InChI is InChI=1S/C18H20F2N2O3S/c19-16-7-6-15(12-17(16)20)26(23,24)21-13-18(14-4-2-1-3-5-14)22-8-10-25-11-9-22/h1-7,12,18,21H,8-11,13H2/t18-/m1/s1. The van der Waals surface area contributed by atoms with E-state index in [1.807, 2.05) is 30.3 Å². The van der Waals surface area contributed by atoms with Crippen molar-refractivity contribution in [1.82, 2.24) is 9.62 Å². The van der Waals surface area contributed by atoms with Crippen LogP contribution < -0.4 is 4.72 Å². The molecule has 3 rings (SSSR count). The second-order valence-corrected chi connectivity index (χ2v) is 7.77. The first-order chi connectivity index (χ1) is 12.5. The molecule has 0 bridgehead atoms. The monoisotopic (exact) mass is 382 g/mol. The second-order valence-electron chi connectivity index (χ2n) is 6.00. The van der Waals surface area contributed by atoms with Gasteiger partial charge in [0.15, 0.2) is 11.6 Å². The first-order valence-electron chi connectivity index (χ1n) is 8.29. The van der Waals surface area contributed by atoms with Gasteiger partial charge in [-0.2, -0.15) is 0 Å². The summed E-state index contributed by atoms with van der Waals surface area (Å²) in [4.78, 5) is 1.84. The van der Waals surface area contributed by atoms with E-state index in [0.717, 1.165) is 17.7 Å². The Labute approximate surface area is 151 Å². The molecule has 140 valence electrons. The minimum atomic E-state index is -3.96. The number of halogens is 2. The third kappa shape index (κ3) is 4.45. The van der Waals surface area contributed by atoms with Crippen LogP contribution in [0.25, 0.3) is 0 Å². The number of nitrogens with zero attached hydrogens (tertiary/aromatic N) is 1. The van der Waals surface area contributed by atoms with E-state index in [0.29, 0.717) is 32.4 Å². The topological polar surface area (TPSA) is 58.6 Å². The van der Waals surface area contributed by atoms with Gasteiger partial charge in [-0.25, -0.2) is 21.9 Å². The summed E-state index contributed by atoms with van der Waals surface area (Å²) in [6.07, 6.45) is 0. The molecule has 0 aromatic heterocycles. The number of ether oxygens (including phenoxy) is 1. The second kappa shape index (κ2) is 8.22. The number of morpholine rings is 1. The van der Waals surface area contributed by atoms with Gasteiger partial charge in [0.1, 0.15) is 0 Å². The third-order valence-electron chi connectivity index (χ3n) is 4.34. The highest BCUT2D eigenvalue weighted by molar-refractivity contribution is 7.89. The van der Waals surface area contributed by atoms with E-state index < -0.39 is 21.7 Å². The maximum atomic E-state index is 13.4. The Bertz CT molecular complexity index is 841. The summed E-state index contributed by atoms with van der Waals surface area (Å²) < 4.78 is 59.3. The van der Waals surface area contributed by atoms with Crippen molar-refractivity contribution in [3.8, 4) is 0 Å². The summed E-state index contributed by atoms with van der Waals surface area (Å²) in [7, 11) is -3.96. The quantitative estimate of drug-likeness (QED) is 0.833. The molecule has 0 radical (unpaired) electrons. The first-order valence-corrected chi connectivity index (χ1v) is 9.77. The summed E-state index contributed by atoms with van der Waals surface area (Å²) in [6, 6.07) is 11.9. The van der Waals surface area contributed by atoms with Crippen LogP contribution in [0.1, 0.15) is 11.6 Å². The Hall–Kier alpha value is -1.87. The molecule has 0 spiro atoms. The molecule has 2 aromatic rings. The molecule has 26 heavy (non-hydrogen) atoms. The average molecular weight is 382 g/mol. The van der Waals surface area contributed by atoms with Gasteiger partial charge in [0.05, 0.1) is 18.1 Å².